The molecule has 0 aliphatic heterocycles. The molecule has 0 saturated carbocycles. The standard InChI is InChI=1S/C21H20N4S/c1-13-5-7-17(9-15(13)3)20-12-26-21(23-20)19(11-22)25-24-18-8-6-14(2)16(4)10-18/h5-10,12,24H,1-4H3/b25-19-. The number of rotatable bonds is 4. The molecule has 0 amide bonds. The number of nitriles is 1. The molecular weight excluding hydrogens is 340 g/mol. The van der Waals surface area contributed by atoms with Gasteiger partial charge in [-0.1, -0.05) is 18.2 Å². The first kappa shape index (κ1) is 17.8. The summed E-state index contributed by atoms with van der Waals surface area (Å²) >= 11 is 1.42. The molecule has 1 aromatic heterocycles. The summed E-state index contributed by atoms with van der Waals surface area (Å²) in [5.41, 5.74) is 10.9. The number of hydrogen-bond donors (Lipinski definition) is 1. The average Bonchev–Trinajstić information content (AvgIpc) is 3.11. The van der Waals surface area contributed by atoms with E-state index >= 15 is 0 Å². The van der Waals surface area contributed by atoms with Crippen LogP contribution in [0.5, 0.6) is 0 Å². The Bertz CT molecular complexity index is 1020. The molecule has 5 heteroatoms. The first-order chi connectivity index (χ1) is 12.5. The number of anilines is 1. The lowest BCUT2D eigenvalue weighted by molar-refractivity contribution is 1.28. The Hall–Kier alpha value is -2.97. The molecule has 0 aliphatic rings. The molecular formula is C21H20N4S. The van der Waals surface area contributed by atoms with Crippen LogP contribution in [0.25, 0.3) is 11.3 Å². The van der Waals surface area contributed by atoms with Crippen molar-refractivity contribution in [2.75, 3.05) is 5.43 Å². The van der Waals surface area contributed by atoms with Crippen LogP contribution in [0.15, 0.2) is 46.9 Å². The van der Waals surface area contributed by atoms with E-state index in [9.17, 15) is 5.26 Å². The fourth-order valence-electron chi connectivity index (χ4n) is 2.47. The largest absolute Gasteiger partial charge is 0.277 e. The van der Waals surface area contributed by atoms with Crippen LogP contribution in [0, 0.1) is 39.0 Å². The highest BCUT2D eigenvalue weighted by Gasteiger charge is 2.11. The minimum atomic E-state index is 0.281. The van der Waals surface area contributed by atoms with Crippen molar-refractivity contribution in [2.24, 2.45) is 5.10 Å². The molecule has 4 nitrogen and oxygen atoms in total. The van der Waals surface area contributed by atoms with Crippen molar-refractivity contribution in [1.29, 1.82) is 5.26 Å². The van der Waals surface area contributed by atoms with E-state index in [0.29, 0.717) is 5.01 Å². The summed E-state index contributed by atoms with van der Waals surface area (Å²) in [5, 5.41) is 16.3. The van der Waals surface area contributed by atoms with Crippen LogP contribution in [0.3, 0.4) is 0 Å². The third kappa shape index (κ3) is 3.81. The number of nitrogens with zero attached hydrogens (tertiary/aromatic N) is 3. The summed E-state index contributed by atoms with van der Waals surface area (Å²) in [5.74, 6) is 0. The maximum atomic E-state index is 9.46. The Kier molecular flexibility index (Phi) is 5.15. The van der Waals surface area contributed by atoms with Gasteiger partial charge in [-0.25, -0.2) is 4.98 Å². The summed E-state index contributed by atoms with van der Waals surface area (Å²) in [6.07, 6.45) is 0. The van der Waals surface area contributed by atoms with Gasteiger partial charge in [0.1, 0.15) is 6.07 Å². The van der Waals surface area contributed by atoms with E-state index in [4.69, 9.17) is 0 Å². The summed E-state index contributed by atoms with van der Waals surface area (Å²) < 4.78 is 0. The first-order valence-corrected chi connectivity index (χ1v) is 9.20. The van der Waals surface area contributed by atoms with Crippen molar-refractivity contribution >= 4 is 22.7 Å². The van der Waals surface area contributed by atoms with Gasteiger partial charge in [0, 0.05) is 10.9 Å². The van der Waals surface area contributed by atoms with Crippen molar-refractivity contribution in [3.63, 3.8) is 0 Å². The maximum Gasteiger partial charge on any atom is 0.196 e. The number of hydrazone groups is 1. The molecule has 26 heavy (non-hydrogen) atoms. The Labute approximate surface area is 157 Å². The molecule has 0 radical (unpaired) electrons. The molecule has 0 bridgehead atoms. The lowest BCUT2D eigenvalue weighted by Crippen LogP contribution is -2.01. The van der Waals surface area contributed by atoms with Crippen molar-refractivity contribution < 1.29 is 0 Å². The molecule has 1 heterocycles. The van der Waals surface area contributed by atoms with Gasteiger partial charge in [-0.2, -0.15) is 10.4 Å². The van der Waals surface area contributed by atoms with Gasteiger partial charge < -0.3 is 0 Å². The summed E-state index contributed by atoms with van der Waals surface area (Å²) in [6, 6.07) is 14.4. The molecule has 0 fully saturated rings. The molecule has 3 rings (SSSR count). The maximum absolute atomic E-state index is 9.46. The van der Waals surface area contributed by atoms with E-state index in [-0.39, 0.29) is 5.71 Å². The Morgan fingerprint density at radius 3 is 2.35 bits per heavy atom. The summed E-state index contributed by atoms with van der Waals surface area (Å²) in [7, 11) is 0. The summed E-state index contributed by atoms with van der Waals surface area (Å²) in [6.45, 7) is 8.28. The van der Waals surface area contributed by atoms with Gasteiger partial charge in [-0.15, -0.1) is 11.3 Å². The Balaban J connectivity index is 1.84. The van der Waals surface area contributed by atoms with Crippen LogP contribution >= 0.6 is 11.3 Å². The zero-order chi connectivity index (χ0) is 18.7. The SMILES string of the molecule is Cc1ccc(N/N=C(/C#N)c2nc(-c3ccc(C)c(C)c3)cs2)cc1C. The van der Waals surface area contributed by atoms with Gasteiger partial charge in [0.2, 0.25) is 0 Å². The van der Waals surface area contributed by atoms with E-state index in [0.717, 1.165) is 16.9 Å². The first-order valence-electron chi connectivity index (χ1n) is 8.32. The fraction of sp³-hybridized carbons (Fsp3) is 0.190. The molecule has 0 unspecified atom stereocenters. The lowest BCUT2D eigenvalue weighted by Gasteiger charge is -2.04. The number of thiazole rings is 1. The lowest BCUT2D eigenvalue weighted by atomic mass is 10.1. The smallest absolute Gasteiger partial charge is 0.196 e. The van der Waals surface area contributed by atoms with Gasteiger partial charge in [0.15, 0.2) is 10.7 Å². The van der Waals surface area contributed by atoms with Crippen LogP contribution in [0.4, 0.5) is 5.69 Å². The van der Waals surface area contributed by atoms with Crippen LogP contribution in [-0.2, 0) is 0 Å². The Morgan fingerprint density at radius 2 is 1.69 bits per heavy atom. The minimum absolute atomic E-state index is 0.281. The van der Waals surface area contributed by atoms with Crippen molar-refractivity contribution in [1.82, 2.24) is 4.98 Å². The van der Waals surface area contributed by atoms with E-state index in [1.165, 1.54) is 33.6 Å². The van der Waals surface area contributed by atoms with Crippen LogP contribution in [-0.4, -0.2) is 10.7 Å². The van der Waals surface area contributed by atoms with E-state index in [2.05, 4.69) is 60.6 Å². The third-order valence-corrected chi connectivity index (χ3v) is 5.27. The van der Waals surface area contributed by atoms with Gasteiger partial charge in [0.05, 0.1) is 11.4 Å². The van der Waals surface area contributed by atoms with E-state index in [1.807, 2.05) is 30.5 Å². The summed E-state index contributed by atoms with van der Waals surface area (Å²) in [4.78, 5) is 4.59. The van der Waals surface area contributed by atoms with Gasteiger partial charge >= 0.3 is 0 Å². The van der Waals surface area contributed by atoms with Crippen LogP contribution < -0.4 is 5.43 Å². The van der Waals surface area contributed by atoms with E-state index in [1.54, 1.807) is 0 Å². The molecule has 130 valence electrons. The molecule has 0 aliphatic carbocycles. The number of nitrogens with one attached hydrogen (secondary N) is 1. The van der Waals surface area contributed by atoms with Crippen molar-refractivity contribution in [3.05, 3.63) is 69.0 Å². The number of aryl methyl sites for hydroxylation is 4. The zero-order valence-corrected chi connectivity index (χ0v) is 16.1. The second-order valence-electron chi connectivity index (χ2n) is 6.32. The number of benzene rings is 2. The zero-order valence-electron chi connectivity index (χ0n) is 15.3. The molecule has 0 spiro atoms. The normalized spacial score (nSPS) is 11.3. The predicted molar refractivity (Wildman–Crippen MR) is 109 cm³/mol. The molecule has 0 saturated heterocycles. The highest BCUT2D eigenvalue weighted by Crippen LogP contribution is 2.24. The molecule has 3 aromatic rings. The molecule has 0 atom stereocenters. The average molecular weight is 360 g/mol. The van der Waals surface area contributed by atoms with Crippen molar-refractivity contribution in [2.45, 2.75) is 27.7 Å². The minimum Gasteiger partial charge on any atom is -0.277 e. The highest BCUT2D eigenvalue weighted by molar-refractivity contribution is 7.12. The highest BCUT2D eigenvalue weighted by atomic mass is 32.1. The number of aromatic nitrogens is 1. The van der Waals surface area contributed by atoms with Crippen molar-refractivity contribution in [3.8, 4) is 17.3 Å². The van der Waals surface area contributed by atoms with Gasteiger partial charge in [-0.3, -0.25) is 5.43 Å². The third-order valence-electron chi connectivity index (χ3n) is 4.42. The van der Waals surface area contributed by atoms with Crippen LogP contribution in [0.1, 0.15) is 27.3 Å². The number of hydrogen-bond acceptors (Lipinski definition) is 5. The monoisotopic (exact) mass is 360 g/mol. The van der Waals surface area contributed by atoms with E-state index < -0.39 is 0 Å². The second-order valence-corrected chi connectivity index (χ2v) is 7.18. The second kappa shape index (κ2) is 7.51. The Morgan fingerprint density at radius 1 is 1.00 bits per heavy atom. The van der Waals surface area contributed by atoms with Gasteiger partial charge in [-0.05, 0) is 68.1 Å². The van der Waals surface area contributed by atoms with Crippen LogP contribution in [0.2, 0.25) is 0 Å². The molecule has 2 aromatic carbocycles. The quantitative estimate of drug-likeness (QED) is 0.502. The fourth-order valence-corrected chi connectivity index (χ4v) is 3.23. The van der Waals surface area contributed by atoms with Gasteiger partial charge in [0.25, 0.3) is 0 Å². The topological polar surface area (TPSA) is 61.1 Å². The predicted octanol–water partition coefficient (Wildman–Crippen LogP) is 5.38. The molecule has 1 N–H and O–H groups in total.